The van der Waals surface area contributed by atoms with E-state index in [1.165, 1.54) is 5.56 Å². The van der Waals surface area contributed by atoms with E-state index in [1.807, 2.05) is 61.5 Å². The minimum Gasteiger partial charge on any atom is -0.494 e. The van der Waals surface area contributed by atoms with Crippen LogP contribution in [-0.2, 0) is 0 Å². The molecule has 6 nitrogen and oxygen atoms in total. The number of ketones is 1. The molecule has 1 aliphatic heterocycles. The van der Waals surface area contributed by atoms with Crippen LogP contribution >= 0.6 is 0 Å². The molecule has 0 atom stereocenters. The molecule has 6 rings (SSSR count). The van der Waals surface area contributed by atoms with Crippen LogP contribution in [-0.4, -0.2) is 18.4 Å². The number of hydrogen-bond donors (Lipinski definition) is 0. The van der Waals surface area contributed by atoms with Gasteiger partial charge in [0.2, 0.25) is 5.78 Å². The Morgan fingerprint density at radius 3 is 2.39 bits per heavy atom. The zero-order valence-corrected chi connectivity index (χ0v) is 23.0. The number of esters is 1. The van der Waals surface area contributed by atoms with Gasteiger partial charge in [0.05, 0.1) is 12.2 Å². The number of carbonyl (C=O) groups excluding carboxylic acids is 2. The zero-order chi connectivity index (χ0) is 28.5. The number of allylic oxidation sites excluding steroid dienone is 1. The second kappa shape index (κ2) is 10.8. The molecule has 1 aliphatic rings. The van der Waals surface area contributed by atoms with E-state index < -0.39 is 5.97 Å². The first-order chi connectivity index (χ1) is 19.9. The molecule has 1 aromatic heterocycles. The fraction of sp³-hybridized carbons (Fsp3) is 0.143. The van der Waals surface area contributed by atoms with Crippen LogP contribution in [0.4, 0.5) is 0 Å². The van der Waals surface area contributed by atoms with Gasteiger partial charge in [0.25, 0.3) is 0 Å². The summed E-state index contributed by atoms with van der Waals surface area (Å²) < 4.78 is 23.5. The van der Waals surface area contributed by atoms with Crippen molar-refractivity contribution in [3.63, 3.8) is 0 Å². The Morgan fingerprint density at radius 2 is 1.66 bits per heavy atom. The normalized spacial score (nSPS) is 13.5. The molecular weight excluding hydrogens is 516 g/mol. The standard InChI is InChI=1S/C35H28O6/c1-4-38-25-15-17-29-28(19-25)32(34(41-29)24-8-6-5-7-9-24)35(37)39-26-14-16-27-30(20-26)40-31(33(27)36)18-22-10-12-23(13-11-22)21(2)3/h5-21H,4H2,1-3H3. The summed E-state index contributed by atoms with van der Waals surface area (Å²) in [6, 6.07) is 27.5. The summed E-state index contributed by atoms with van der Waals surface area (Å²) in [5, 5.41) is 0.584. The second-order valence-corrected chi connectivity index (χ2v) is 10.1. The van der Waals surface area contributed by atoms with Crippen LogP contribution in [0.3, 0.4) is 0 Å². The van der Waals surface area contributed by atoms with Gasteiger partial charge in [-0.15, -0.1) is 0 Å². The van der Waals surface area contributed by atoms with Gasteiger partial charge in [-0.1, -0.05) is 68.4 Å². The molecule has 0 spiro atoms. The summed E-state index contributed by atoms with van der Waals surface area (Å²) >= 11 is 0. The molecular formula is C35H28O6. The maximum absolute atomic E-state index is 13.7. The molecule has 2 heterocycles. The van der Waals surface area contributed by atoms with Gasteiger partial charge in [-0.2, -0.15) is 0 Å². The summed E-state index contributed by atoms with van der Waals surface area (Å²) in [6.07, 6.45) is 1.72. The number of carbonyl (C=O) groups is 2. The van der Waals surface area contributed by atoms with E-state index in [2.05, 4.69) is 13.8 Å². The fourth-order valence-corrected chi connectivity index (χ4v) is 4.85. The molecule has 41 heavy (non-hydrogen) atoms. The Balaban J connectivity index is 1.30. The van der Waals surface area contributed by atoms with Gasteiger partial charge >= 0.3 is 5.97 Å². The van der Waals surface area contributed by atoms with Gasteiger partial charge in [0.1, 0.15) is 34.2 Å². The van der Waals surface area contributed by atoms with Crippen LogP contribution in [0.25, 0.3) is 28.4 Å². The third-order valence-corrected chi connectivity index (χ3v) is 6.96. The highest BCUT2D eigenvalue weighted by molar-refractivity contribution is 6.15. The van der Waals surface area contributed by atoms with Crippen LogP contribution < -0.4 is 14.2 Å². The number of Topliss-reactive ketones (excluding diaryl/α,β-unsaturated/α-hetero) is 1. The average molecular weight is 545 g/mol. The van der Waals surface area contributed by atoms with Crippen molar-refractivity contribution < 1.29 is 28.2 Å². The highest BCUT2D eigenvalue weighted by atomic mass is 16.5. The summed E-state index contributed by atoms with van der Waals surface area (Å²) in [5.74, 6) is 1.43. The molecule has 0 fully saturated rings. The molecule has 6 heteroatoms. The van der Waals surface area contributed by atoms with Gasteiger partial charge in [-0.25, -0.2) is 4.79 Å². The van der Waals surface area contributed by atoms with Crippen molar-refractivity contribution in [3.05, 3.63) is 119 Å². The van der Waals surface area contributed by atoms with Crippen molar-refractivity contribution in [2.24, 2.45) is 0 Å². The monoisotopic (exact) mass is 544 g/mol. The summed E-state index contributed by atoms with van der Waals surface area (Å²) in [7, 11) is 0. The Morgan fingerprint density at radius 1 is 0.902 bits per heavy atom. The van der Waals surface area contributed by atoms with Gasteiger partial charge in [0.15, 0.2) is 5.76 Å². The number of benzene rings is 4. The minimum atomic E-state index is -0.596. The molecule has 0 saturated carbocycles. The lowest BCUT2D eigenvalue weighted by Crippen LogP contribution is -2.09. The summed E-state index contributed by atoms with van der Waals surface area (Å²) in [4.78, 5) is 26.7. The van der Waals surface area contributed by atoms with Crippen LogP contribution in [0.15, 0.2) is 101 Å². The van der Waals surface area contributed by atoms with Crippen molar-refractivity contribution in [1.82, 2.24) is 0 Å². The quantitative estimate of drug-likeness (QED) is 0.116. The Hall–Kier alpha value is -5.10. The van der Waals surface area contributed by atoms with E-state index in [-0.39, 0.29) is 22.9 Å². The highest BCUT2D eigenvalue weighted by Gasteiger charge is 2.29. The molecule has 204 valence electrons. The first kappa shape index (κ1) is 26.1. The minimum absolute atomic E-state index is 0.219. The largest absolute Gasteiger partial charge is 0.494 e. The Kier molecular flexibility index (Phi) is 6.89. The highest BCUT2D eigenvalue weighted by Crippen LogP contribution is 2.38. The smallest absolute Gasteiger partial charge is 0.348 e. The van der Waals surface area contributed by atoms with Crippen molar-refractivity contribution in [3.8, 4) is 28.6 Å². The van der Waals surface area contributed by atoms with Crippen LogP contribution in [0.1, 0.15) is 58.5 Å². The molecule has 4 aromatic carbocycles. The van der Waals surface area contributed by atoms with Crippen molar-refractivity contribution >= 4 is 28.8 Å². The van der Waals surface area contributed by atoms with E-state index in [9.17, 15) is 9.59 Å². The van der Waals surface area contributed by atoms with Gasteiger partial charge < -0.3 is 18.6 Å². The number of ether oxygens (including phenoxy) is 3. The molecule has 0 unspecified atom stereocenters. The van der Waals surface area contributed by atoms with E-state index in [0.29, 0.717) is 46.3 Å². The second-order valence-electron chi connectivity index (χ2n) is 10.1. The first-order valence-electron chi connectivity index (χ1n) is 13.6. The number of rotatable bonds is 7. The lowest BCUT2D eigenvalue weighted by atomic mass is 10.0. The van der Waals surface area contributed by atoms with Crippen molar-refractivity contribution in [2.75, 3.05) is 6.61 Å². The topological polar surface area (TPSA) is 75.0 Å². The van der Waals surface area contributed by atoms with Gasteiger partial charge in [0, 0.05) is 17.0 Å². The third-order valence-electron chi connectivity index (χ3n) is 6.96. The summed E-state index contributed by atoms with van der Waals surface area (Å²) in [5.41, 5.74) is 4.07. The molecule has 0 N–H and O–H groups in total. The zero-order valence-electron chi connectivity index (χ0n) is 23.0. The predicted octanol–water partition coefficient (Wildman–Crippen LogP) is 8.46. The van der Waals surface area contributed by atoms with Gasteiger partial charge in [-0.3, -0.25) is 4.79 Å². The Bertz CT molecular complexity index is 1790. The molecule has 0 aliphatic carbocycles. The van der Waals surface area contributed by atoms with Crippen molar-refractivity contribution in [2.45, 2.75) is 26.7 Å². The molecule has 0 radical (unpaired) electrons. The molecule has 0 saturated heterocycles. The number of hydrogen-bond acceptors (Lipinski definition) is 6. The molecule has 0 amide bonds. The molecule has 0 bridgehead atoms. The van der Waals surface area contributed by atoms with E-state index in [0.717, 1.165) is 11.1 Å². The lowest BCUT2D eigenvalue weighted by Gasteiger charge is -2.07. The fourth-order valence-electron chi connectivity index (χ4n) is 4.85. The maximum Gasteiger partial charge on any atom is 0.348 e. The van der Waals surface area contributed by atoms with E-state index in [1.54, 1.807) is 42.5 Å². The predicted molar refractivity (Wildman–Crippen MR) is 158 cm³/mol. The van der Waals surface area contributed by atoms with Crippen LogP contribution in [0.2, 0.25) is 0 Å². The lowest BCUT2D eigenvalue weighted by molar-refractivity contribution is 0.0736. The maximum atomic E-state index is 13.7. The third kappa shape index (κ3) is 5.12. The van der Waals surface area contributed by atoms with E-state index in [4.69, 9.17) is 18.6 Å². The summed E-state index contributed by atoms with van der Waals surface area (Å²) in [6.45, 7) is 6.65. The number of furan rings is 1. The van der Waals surface area contributed by atoms with Crippen LogP contribution in [0.5, 0.6) is 17.2 Å². The van der Waals surface area contributed by atoms with Crippen LogP contribution in [0, 0.1) is 0 Å². The Labute approximate surface area is 237 Å². The number of fused-ring (bicyclic) bond motifs is 2. The van der Waals surface area contributed by atoms with Gasteiger partial charge in [-0.05, 0) is 60.4 Å². The SMILES string of the molecule is CCOc1ccc2oc(-c3ccccc3)c(C(=O)Oc3ccc4c(c3)OC(=Cc3ccc(C(C)C)cc3)C4=O)c2c1. The first-order valence-corrected chi connectivity index (χ1v) is 13.6. The average Bonchev–Trinajstić information content (AvgIpc) is 3.51. The molecule has 5 aromatic rings. The van der Waals surface area contributed by atoms with Crippen molar-refractivity contribution in [1.29, 1.82) is 0 Å². The van der Waals surface area contributed by atoms with E-state index >= 15 is 0 Å².